The van der Waals surface area contributed by atoms with Gasteiger partial charge in [0.15, 0.2) is 5.76 Å². The topological polar surface area (TPSA) is 52.6 Å². The lowest BCUT2D eigenvalue weighted by Gasteiger charge is -2.09. The van der Waals surface area contributed by atoms with E-state index in [2.05, 4.69) is 15.9 Å². The van der Waals surface area contributed by atoms with Crippen LogP contribution in [0.4, 0.5) is 0 Å². The molecule has 25 heavy (non-hydrogen) atoms. The largest absolute Gasteiger partial charge is 0.452 e. The van der Waals surface area contributed by atoms with Gasteiger partial charge in [0.05, 0.1) is 11.5 Å². The third kappa shape index (κ3) is 3.51. The van der Waals surface area contributed by atoms with Crippen molar-refractivity contribution in [1.82, 2.24) is 0 Å². The predicted octanol–water partition coefficient (Wildman–Crippen LogP) is 4.94. The molecule has 2 aromatic rings. The number of halogens is 1. The van der Waals surface area contributed by atoms with Crippen LogP contribution in [0.2, 0.25) is 0 Å². The number of ketones is 1. The quantitative estimate of drug-likeness (QED) is 0.416. The highest BCUT2D eigenvalue weighted by atomic mass is 79.9. The lowest BCUT2D eigenvalue weighted by Crippen LogP contribution is -2.14. The van der Waals surface area contributed by atoms with Crippen molar-refractivity contribution in [2.24, 2.45) is 5.92 Å². The zero-order chi connectivity index (χ0) is 18.1. The Balaban J connectivity index is 1.95. The standard InChI is InChI=1S/C20H17BrO4/c1-11(2)20(23)24-14-8-12(3)18-16(10-14)25-17(19(18)22)9-13-6-4-5-7-15(13)21/h4-11H,1-3H3/b17-9-. The van der Waals surface area contributed by atoms with Gasteiger partial charge in [-0.25, -0.2) is 0 Å². The Hall–Kier alpha value is -2.40. The average Bonchev–Trinajstić information content (AvgIpc) is 2.86. The molecule has 0 atom stereocenters. The number of hydrogen-bond donors (Lipinski definition) is 0. The Bertz CT molecular complexity index is 897. The van der Waals surface area contributed by atoms with Gasteiger partial charge >= 0.3 is 5.97 Å². The first kappa shape index (κ1) is 17.4. The van der Waals surface area contributed by atoms with Crippen LogP contribution in [-0.4, -0.2) is 11.8 Å². The number of benzene rings is 2. The van der Waals surface area contributed by atoms with Gasteiger partial charge < -0.3 is 9.47 Å². The van der Waals surface area contributed by atoms with Crippen LogP contribution in [-0.2, 0) is 4.79 Å². The van der Waals surface area contributed by atoms with Crippen LogP contribution in [0.1, 0.15) is 35.3 Å². The van der Waals surface area contributed by atoms with Crippen LogP contribution in [0, 0.1) is 12.8 Å². The van der Waals surface area contributed by atoms with Crippen LogP contribution in [0.15, 0.2) is 46.6 Å². The summed E-state index contributed by atoms with van der Waals surface area (Å²) >= 11 is 3.46. The van der Waals surface area contributed by atoms with E-state index in [9.17, 15) is 9.59 Å². The molecule has 0 amide bonds. The second kappa shape index (κ2) is 6.84. The van der Waals surface area contributed by atoms with Crippen molar-refractivity contribution in [3.05, 3.63) is 63.3 Å². The summed E-state index contributed by atoms with van der Waals surface area (Å²) in [6.45, 7) is 5.33. The first-order chi connectivity index (χ1) is 11.9. The van der Waals surface area contributed by atoms with Crippen molar-refractivity contribution >= 4 is 33.8 Å². The van der Waals surface area contributed by atoms with Gasteiger partial charge in [-0.2, -0.15) is 0 Å². The fourth-order valence-corrected chi connectivity index (χ4v) is 2.90. The summed E-state index contributed by atoms with van der Waals surface area (Å²) in [5, 5.41) is 0. The van der Waals surface area contributed by atoms with Gasteiger partial charge in [0.1, 0.15) is 11.5 Å². The molecule has 3 rings (SSSR count). The van der Waals surface area contributed by atoms with Gasteiger partial charge in [-0.1, -0.05) is 48.0 Å². The Morgan fingerprint density at radius 2 is 1.96 bits per heavy atom. The summed E-state index contributed by atoms with van der Waals surface area (Å²) in [4.78, 5) is 24.4. The number of rotatable bonds is 3. The molecule has 128 valence electrons. The van der Waals surface area contributed by atoms with Crippen LogP contribution >= 0.6 is 15.9 Å². The van der Waals surface area contributed by atoms with Crippen molar-refractivity contribution in [2.45, 2.75) is 20.8 Å². The molecular weight excluding hydrogens is 384 g/mol. The highest BCUT2D eigenvalue weighted by Crippen LogP contribution is 2.38. The van der Waals surface area contributed by atoms with Crippen molar-refractivity contribution in [3.8, 4) is 11.5 Å². The molecule has 0 bridgehead atoms. The van der Waals surface area contributed by atoms with E-state index in [-0.39, 0.29) is 23.4 Å². The summed E-state index contributed by atoms with van der Waals surface area (Å²) in [7, 11) is 0. The van der Waals surface area contributed by atoms with Crippen LogP contribution in [0.5, 0.6) is 11.5 Å². The van der Waals surface area contributed by atoms with Gasteiger partial charge in [0.25, 0.3) is 0 Å². The molecule has 0 saturated heterocycles. The number of Topliss-reactive ketones (excluding diaryl/α,β-unsaturated/α-hetero) is 1. The van der Waals surface area contributed by atoms with E-state index < -0.39 is 0 Å². The molecule has 0 unspecified atom stereocenters. The van der Waals surface area contributed by atoms with Gasteiger partial charge in [-0.05, 0) is 36.3 Å². The molecule has 0 aliphatic carbocycles. The molecule has 0 N–H and O–H groups in total. The molecule has 1 aliphatic rings. The minimum absolute atomic E-state index is 0.176. The molecule has 0 saturated carbocycles. The monoisotopic (exact) mass is 400 g/mol. The number of hydrogen-bond acceptors (Lipinski definition) is 4. The third-order valence-corrected chi connectivity index (χ3v) is 4.55. The Kier molecular flexibility index (Phi) is 4.77. The number of fused-ring (bicyclic) bond motifs is 1. The number of esters is 1. The zero-order valence-electron chi connectivity index (χ0n) is 14.1. The molecule has 1 heterocycles. The third-order valence-electron chi connectivity index (χ3n) is 3.83. The molecule has 2 aromatic carbocycles. The smallest absolute Gasteiger partial charge is 0.313 e. The summed E-state index contributed by atoms with van der Waals surface area (Å²) in [6, 6.07) is 10.8. The first-order valence-electron chi connectivity index (χ1n) is 7.92. The van der Waals surface area contributed by atoms with E-state index in [4.69, 9.17) is 9.47 Å². The SMILES string of the molecule is Cc1cc(OC(=O)C(C)C)cc2c1C(=O)/C(=C/c1ccccc1Br)O2. The van der Waals surface area contributed by atoms with Crippen molar-refractivity contribution in [3.63, 3.8) is 0 Å². The van der Waals surface area contributed by atoms with Crippen molar-refractivity contribution in [2.75, 3.05) is 0 Å². The lowest BCUT2D eigenvalue weighted by molar-refractivity contribution is -0.137. The fourth-order valence-electron chi connectivity index (χ4n) is 2.50. The highest BCUT2D eigenvalue weighted by Gasteiger charge is 2.30. The van der Waals surface area contributed by atoms with Gasteiger partial charge in [-0.3, -0.25) is 9.59 Å². The number of carbonyl (C=O) groups is 2. The first-order valence-corrected chi connectivity index (χ1v) is 8.71. The normalized spacial score (nSPS) is 14.6. The molecule has 4 nitrogen and oxygen atoms in total. The summed E-state index contributed by atoms with van der Waals surface area (Å²) in [5.74, 6) is 0.303. The van der Waals surface area contributed by atoms with Crippen LogP contribution < -0.4 is 9.47 Å². The van der Waals surface area contributed by atoms with Crippen molar-refractivity contribution < 1.29 is 19.1 Å². The molecule has 0 aromatic heterocycles. The molecule has 0 spiro atoms. The van der Waals surface area contributed by atoms with E-state index in [1.807, 2.05) is 24.3 Å². The average molecular weight is 401 g/mol. The Labute approximate surface area is 154 Å². The maximum atomic E-state index is 12.7. The second-order valence-corrected chi connectivity index (χ2v) is 7.00. The Morgan fingerprint density at radius 3 is 2.64 bits per heavy atom. The fraction of sp³-hybridized carbons (Fsp3) is 0.200. The number of carbonyl (C=O) groups excluding carboxylic acids is 2. The minimum Gasteiger partial charge on any atom is -0.452 e. The van der Waals surface area contributed by atoms with E-state index >= 15 is 0 Å². The number of ether oxygens (including phenoxy) is 2. The molecule has 1 aliphatic heterocycles. The highest BCUT2D eigenvalue weighted by molar-refractivity contribution is 9.10. The van der Waals surface area contributed by atoms with E-state index in [0.717, 1.165) is 10.0 Å². The Morgan fingerprint density at radius 1 is 1.24 bits per heavy atom. The lowest BCUT2D eigenvalue weighted by atomic mass is 10.0. The molecule has 5 heteroatoms. The molecule has 0 fully saturated rings. The van der Waals surface area contributed by atoms with E-state index in [1.165, 1.54) is 0 Å². The number of aryl methyl sites for hydroxylation is 1. The van der Waals surface area contributed by atoms with Crippen molar-refractivity contribution in [1.29, 1.82) is 0 Å². The van der Waals surface area contributed by atoms with Crippen LogP contribution in [0.3, 0.4) is 0 Å². The van der Waals surface area contributed by atoms with Crippen LogP contribution in [0.25, 0.3) is 6.08 Å². The maximum Gasteiger partial charge on any atom is 0.313 e. The number of allylic oxidation sites excluding steroid dienone is 1. The van der Waals surface area contributed by atoms with Gasteiger partial charge in [-0.15, -0.1) is 0 Å². The van der Waals surface area contributed by atoms with E-state index in [0.29, 0.717) is 22.6 Å². The van der Waals surface area contributed by atoms with Gasteiger partial charge in [0, 0.05) is 10.5 Å². The predicted molar refractivity (Wildman–Crippen MR) is 98.7 cm³/mol. The minimum atomic E-state index is -0.326. The van der Waals surface area contributed by atoms with E-state index in [1.54, 1.807) is 39.0 Å². The summed E-state index contributed by atoms with van der Waals surface area (Å²) in [5.41, 5.74) is 2.06. The zero-order valence-corrected chi connectivity index (χ0v) is 15.7. The molecule has 0 radical (unpaired) electrons. The second-order valence-electron chi connectivity index (χ2n) is 6.15. The van der Waals surface area contributed by atoms with Gasteiger partial charge in [0.2, 0.25) is 5.78 Å². The molecular formula is C20H17BrO4. The summed E-state index contributed by atoms with van der Waals surface area (Å²) < 4.78 is 11.9. The maximum absolute atomic E-state index is 12.7. The summed E-state index contributed by atoms with van der Waals surface area (Å²) in [6.07, 6.45) is 1.70.